The van der Waals surface area contributed by atoms with Gasteiger partial charge in [0, 0.05) is 0 Å². The van der Waals surface area contributed by atoms with E-state index in [9.17, 15) is 0 Å². The fourth-order valence-corrected chi connectivity index (χ4v) is 1.01. The molecule has 0 spiro atoms. The van der Waals surface area contributed by atoms with Crippen LogP contribution in [-0.2, 0) is 4.74 Å². The van der Waals surface area contributed by atoms with Gasteiger partial charge in [-0.3, -0.25) is 5.41 Å². The van der Waals surface area contributed by atoms with Crippen molar-refractivity contribution < 1.29 is 4.74 Å². The Morgan fingerprint density at radius 3 is 3.00 bits per heavy atom. The highest BCUT2D eigenvalue weighted by Crippen LogP contribution is 2.04. The summed E-state index contributed by atoms with van der Waals surface area (Å²) in [6, 6.07) is 1.81. The van der Waals surface area contributed by atoms with E-state index in [1.165, 1.54) is 7.11 Å². The van der Waals surface area contributed by atoms with Crippen LogP contribution in [-0.4, -0.2) is 21.8 Å². The fraction of sp³-hybridized carbons (Fsp3) is 0.200. The lowest BCUT2D eigenvalue weighted by Crippen LogP contribution is -2.03. The molecule has 1 aromatic heterocycles. The van der Waals surface area contributed by atoms with E-state index in [1.54, 1.807) is 6.07 Å². The molecule has 6 heteroatoms. The second-order valence-electron chi connectivity index (χ2n) is 1.61. The van der Waals surface area contributed by atoms with Gasteiger partial charge in [-0.1, -0.05) is 0 Å². The first-order valence-electron chi connectivity index (χ1n) is 2.65. The molecule has 5 nitrogen and oxygen atoms in total. The molecule has 0 amide bonds. The zero-order chi connectivity index (χ0) is 8.27. The SMILES string of the molecule is COC(=N)c1nsnc1C#N. The molecule has 1 heterocycles. The second kappa shape index (κ2) is 3.07. The van der Waals surface area contributed by atoms with Crippen molar-refractivity contribution in [3.63, 3.8) is 0 Å². The summed E-state index contributed by atoms with van der Waals surface area (Å²) in [7, 11) is 1.35. The van der Waals surface area contributed by atoms with Crippen molar-refractivity contribution in [3.8, 4) is 6.07 Å². The summed E-state index contributed by atoms with van der Waals surface area (Å²) in [5.74, 6) is -0.129. The highest BCUT2D eigenvalue weighted by molar-refractivity contribution is 6.99. The number of rotatable bonds is 1. The summed E-state index contributed by atoms with van der Waals surface area (Å²) < 4.78 is 11.9. The number of methoxy groups -OCH3 is 1. The van der Waals surface area contributed by atoms with E-state index in [-0.39, 0.29) is 17.3 Å². The minimum Gasteiger partial charge on any atom is -0.480 e. The lowest BCUT2D eigenvalue weighted by molar-refractivity contribution is 0.400. The molecule has 1 rings (SSSR count). The smallest absolute Gasteiger partial charge is 0.236 e. The molecule has 0 radical (unpaired) electrons. The average Bonchev–Trinajstić information content (AvgIpc) is 2.50. The van der Waals surface area contributed by atoms with Crippen molar-refractivity contribution in [3.05, 3.63) is 11.4 Å². The Labute approximate surface area is 67.1 Å². The highest BCUT2D eigenvalue weighted by Gasteiger charge is 2.12. The Kier molecular flexibility index (Phi) is 2.13. The molecule has 1 N–H and O–H groups in total. The van der Waals surface area contributed by atoms with Crippen LogP contribution in [0.25, 0.3) is 0 Å². The van der Waals surface area contributed by atoms with Gasteiger partial charge in [-0.2, -0.15) is 14.0 Å². The Bertz CT molecular complexity index is 313. The van der Waals surface area contributed by atoms with Crippen LogP contribution < -0.4 is 0 Å². The summed E-state index contributed by atoms with van der Waals surface area (Å²) >= 11 is 0.891. The predicted octanol–water partition coefficient (Wildman–Crippen LogP) is 0.382. The maximum Gasteiger partial charge on any atom is 0.236 e. The van der Waals surface area contributed by atoms with Crippen molar-refractivity contribution in [2.75, 3.05) is 7.11 Å². The van der Waals surface area contributed by atoms with E-state index in [4.69, 9.17) is 10.7 Å². The van der Waals surface area contributed by atoms with Gasteiger partial charge in [0.05, 0.1) is 18.8 Å². The number of nitrogens with one attached hydrogen (secondary N) is 1. The van der Waals surface area contributed by atoms with Gasteiger partial charge in [-0.15, -0.1) is 0 Å². The van der Waals surface area contributed by atoms with Crippen molar-refractivity contribution >= 4 is 17.6 Å². The van der Waals surface area contributed by atoms with Crippen LogP contribution in [0.5, 0.6) is 0 Å². The molecule has 0 unspecified atom stereocenters. The second-order valence-corrected chi connectivity index (χ2v) is 2.13. The molecule has 56 valence electrons. The van der Waals surface area contributed by atoms with Gasteiger partial charge in [0.15, 0.2) is 11.4 Å². The van der Waals surface area contributed by atoms with E-state index < -0.39 is 0 Å². The van der Waals surface area contributed by atoms with E-state index in [0.717, 1.165) is 11.7 Å². The molecule has 0 fully saturated rings. The van der Waals surface area contributed by atoms with Gasteiger partial charge in [0.1, 0.15) is 6.07 Å². The van der Waals surface area contributed by atoms with E-state index in [0.29, 0.717) is 0 Å². The van der Waals surface area contributed by atoms with Gasteiger partial charge in [-0.25, -0.2) is 0 Å². The molecule has 0 aromatic carbocycles. The summed E-state index contributed by atoms with van der Waals surface area (Å²) in [5, 5.41) is 15.6. The fourth-order valence-electron chi connectivity index (χ4n) is 0.508. The molecule has 0 aliphatic heterocycles. The van der Waals surface area contributed by atoms with Gasteiger partial charge in [0.2, 0.25) is 5.90 Å². The van der Waals surface area contributed by atoms with Crippen LogP contribution >= 0.6 is 11.7 Å². The van der Waals surface area contributed by atoms with E-state index >= 15 is 0 Å². The van der Waals surface area contributed by atoms with Crippen LogP contribution in [0.4, 0.5) is 0 Å². The molecule has 0 atom stereocenters. The van der Waals surface area contributed by atoms with E-state index in [1.807, 2.05) is 0 Å². The third-order valence-electron chi connectivity index (χ3n) is 1.01. The van der Waals surface area contributed by atoms with Crippen molar-refractivity contribution in [2.24, 2.45) is 0 Å². The average molecular weight is 168 g/mol. The van der Waals surface area contributed by atoms with Crippen LogP contribution in [0.2, 0.25) is 0 Å². The molecular formula is C5H4N4OS. The molecule has 0 saturated heterocycles. The number of hydrogen-bond acceptors (Lipinski definition) is 6. The molecule has 0 saturated carbocycles. The van der Waals surface area contributed by atoms with Crippen molar-refractivity contribution in [1.82, 2.24) is 8.75 Å². The van der Waals surface area contributed by atoms with E-state index in [2.05, 4.69) is 13.5 Å². The summed E-state index contributed by atoms with van der Waals surface area (Å²) in [5.41, 5.74) is 0.349. The molecule has 0 aliphatic carbocycles. The molecule has 0 aliphatic rings. The topological polar surface area (TPSA) is 82.7 Å². The van der Waals surface area contributed by atoms with Crippen LogP contribution in [0.3, 0.4) is 0 Å². The number of nitriles is 1. The number of aromatic nitrogens is 2. The summed E-state index contributed by atoms with van der Waals surface area (Å²) in [6.45, 7) is 0. The molecule has 1 aromatic rings. The number of hydrogen-bond donors (Lipinski definition) is 1. The van der Waals surface area contributed by atoms with Gasteiger partial charge in [0.25, 0.3) is 0 Å². The monoisotopic (exact) mass is 168 g/mol. The van der Waals surface area contributed by atoms with Gasteiger partial charge >= 0.3 is 0 Å². The van der Waals surface area contributed by atoms with Crippen LogP contribution in [0.1, 0.15) is 11.4 Å². The van der Waals surface area contributed by atoms with Crippen LogP contribution in [0, 0.1) is 16.7 Å². The minimum atomic E-state index is -0.129. The first kappa shape index (κ1) is 7.63. The van der Waals surface area contributed by atoms with Crippen LogP contribution in [0.15, 0.2) is 0 Å². The maximum atomic E-state index is 8.45. The first-order chi connectivity index (χ1) is 5.29. The largest absolute Gasteiger partial charge is 0.480 e. The first-order valence-corrected chi connectivity index (χ1v) is 3.38. The Morgan fingerprint density at radius 1 is 1.73 bits per heavy atom. The third kappa shape index (κ3) is 1.33. The summed E-state index contributed by atoms with van der Waals surface area (Å²) in [4.78, 5) is 0. The van der Waals surface area contributed by atoms with Crippen molar-refractivity contribution in [1.29, 1.82) is 10.7 Å². The standard InChI is InChI=1S/C5H4N4OS/c1-10-5(7)4-3(2-6)8-11-9-4/h7H,1H3. The highest BCUT2D eigenvalue weighted by atomic mass is 32.1. The molecule has 0 bridgehead atoms. The summed E-state index contributed by atoms with van der Waals surface area (Å²) in [6.07, 6.45) is 0. The lowest BCUT2D eigenvalue weighted by Gasteiger charge is -1.94. The molecular weight excluding hydrogens is 164 g/mol. The Morgan fingerprint density at radius 2 is 2.45 bits per heavy atom. The van der Waals surface area contributed by atoms with Gasteiger partial charge in [-0.05, 0) is 0 Å². The maximum absolute atomic E-state index is 8.45. The Hall–Kier alpha value is -1.48. The zero-order valence-electron chi connectivity index (χ0n) is 5.66. The Balaban J connectivity index is 3.05. The minimum absolute atomic E-state index is 0.129. The predicted molar refractivity (Wildman–Crippen MR) is 38.5 cm³/mol. The molecule has 11 heavy (non-hydrogen) atoms. The van der Waals surface area contributed by atoms with Gasteiger partial charge < -0.3 is 4.74 Å². The zero-order valence-corrected chi connectivity index (χ0v) is 6.47. The quantitative estimate of drug-likeness (QED) is 0.485. The normalized spacial score (nSPS) is 8.73. The third-order valence-corrected chi connectivity index (χ3v) is 1.54. The van der Waals surface area contributed by atoms with Crippen molar-refractivity contribution in [2.45, 2.75) is 0 Å². The number of nitrogens with zero attached hydrogens (tertiary/aromatic N) is 3. The number of ether oxygens (including phenoxy) is 1. The lowest BCUT2D eigenvalue weighted by atomic mass is 10.3.